The highest BCUT2D eigenvalue weighted by atomic mass is 16.6. The van der Waals surface area contributed by atoms with Gasteiger partial charge in [0, 0.05) is 23.7 Å². The molecule has 1 aliphatic heterocycles. The lowest BCUT2D eigenvalue weighted by molar-refractivity contribution is -0.384. The van der Waals surface area contributed by atoms with E-state index in [1.54, 1.807) is 12.1 Å². The minimum absolute atomic E-state index is 0.140. The summed E-state index contributed by atoms with van der Waals surface area (Å²) in [5.41, 5.74) is 4.96. The fourth-order valence-corrected chi connectivity index (χ4v) is 4.22. The Morgan fingerprint density at radius 2 is 1.85 bits per heavy atom. The van der Waals surface area contributed by atoms with Gasteiger partial charge in [0.2, 0.25) is 0 Å². The first-order valence-electron chi connectivity index (χ1n) is 9.16. The summed E-state index contributed by atoms with van der Waals surface area (Å²) in [5.74, 6) is 0.628. The van der Waals surface area contributed by atoms with Gasteiger partial charge in [0.05, 0.1) is 11.0 Å². The van der Waals surface area contributed by atoms with Crippen molar-refractivity contribution < 1.29 is 4.92 Å². The summed E-state index contributed by atoms with van der Waals surface area (Å²) in [5, 5.41) is 14.8. The zero-order valence-electron chi connectivity index (χ0n) is 15.4. The number of hydrogen-bond donors (Lipinski definition) is 1. The lowest BCUT2D eigenvalue weighted by atomic mass is 9.76. The topological polar surface area (TPSA) is 55.2 Å². The van der Waals surface area contributed by atoms with E-state index in [0.29, 0.717) is 5.92 Å². The molecule has 0 unspecified atom stereocenters. The smallest absolute Gasteiger partial charge is 0.269 e. The molecule has 0 saturated heterocycles. The van der Waals surface area contributed by atoms with E-state index in [-0.39, 0.29) is 28.0 Å². The maximum atomic E-state index is 11.1. The SMILES string of the molecule is CC(C)(C)c1ccc([C@@H]2Nc3ccc([N+](=O)[O-])cc3[C@@H]3C=CC[C@@H]32)cc1. The Hall–Kier alpha value is -2.62. The molecule has 3 atom stereocenters. The van der Waals surface area contributed by atoms with Gasteiger partial charge in [-0.15, -0.1) is 0 Å². The fraction of sp³-hybridized carbons (Fsp3) is 0.364. The molecule has 1 heterocycles. The van der Waals surface area contributed by atoms with Gasteiger partial charge in [0.1, 0.15) is 0 Å². The number of nitrogens with one attached hydrogen (secondary N) is 1. The van der Waals surface area contributed by atoms with Gasteiger partial charge in [-0.05, 0) is 40.5 Å². The van der Waals surface area contributed by atoms with E-state index < -0.39 is 0 Å². The van der Waals surface area contributed by atoms with Crippen LogP contribution in [0.25, 0.3) is 0 Å². The molecule has 0 bridgehead atoms. The van der Waals surface area contributed by atoms with Gasteiger partial charge in [-0.3, -0.25) is 10.1 Å². The predicted molar refractivity (Wildman–Crippen MR) is 105 cm³/mol. The number of nitrogens with zero attached hydrogens (tertiary/aromatic N) is 1. The number of benzene rings is 2. The zero-order chi connectivity index (χ0) is 18.5. The van der Waals surface area contributed by atoms with E-state index >= 15 is 0 Å². The van der Waals surface area contributed by atoms with E-state index in [2.05, 4.69) is 62.5 Å². The van der Waals surface area contributed by atoms with Gasteiger partial charge >= 0.3 is 0 Å². The number of allylic oxidation sites excluding steroid dienone is 2. The van der Waals surface area contributed by atoms with Crippen molar-refractivity contribution in [3.63, 3.8) is 0 Å². The normalized spacial score (nSPS) is 23.9. The number of nitro groups is 1. The van der Waals surface area contributed by atoms with Gasteiger partial charge in [-0.1, -0.05) is 57.2 Å². The Labute approximate surface area is 154 Å². The van der Waals surface area contributed by atoms with E-state index in [4.69, 9.17) is 0 Å². The van der Waals surface area contributed by atoms with Crippen molar-refractivity contribution in [1.82, 2.24) is 0 Å². The number of non-ortho nitro benzene ring substituents is 1. The highest BCUT2D eigenvalue weighted by Gasteiger charge is 2.38. The second kappa shape index (κ2) is 5.97. The average molecular weight is 348 g/mol. The van der Waals surface area contributed by atoms with Crippen LogP contribution < -0.4 is 5.32 Å². The second-order valence-corrected chi connectivity index (χ2v) is 8.38. The number of fused-ring (bicyclic) bond motifs is 3. The molecule has 0 fully saturated rings. The number of hydrogen-bond acceptors (Lipinski definition) is 3. The van der Waals surface area contributed by atoms with Crippen molar-refractivity contribution in [1.29, 1.82) is 0 Å². The maximum Gasteiger partial charge on any atom is 0.269 e. The van der Waals surface area contributed by atoms with Gasteiger partial charge in [0.15, 0.2) is 0 Å². The van der Waals surface area contributed by atoms with Crippen LogP contribution in [-0.2, 0) is 5.41 Å². The van der Waals surface area contributed by atoms with Gasteiger partial charge in [0.25, 0.3) is 5.69 Å². The third kappa shape index (κ3) is 2.79. The molecule has 0 spiro atoms. The summed E-state index contributed by atoms with van der Waals surface area (Å²) in [4.78, 5) is 10.8. The summed E-state index contributed by atoms with van der Waals surface area (Å²) in [6.07, 6.45) is 5.41. The highest BCUT2D eigenvalue weighted by Crippen LogP contribution is 2.50. The summed E-state index contributed by atoms with van der Waals surface area (Å²) in [7, 11) is 0. The first kappa shape index (κ1) is 16.8. The van der Waals surface area contributed by atoms with Gasteiger partial charge in [-0.25, -0.2) is 0 Å². The molecular weight excluding hydrogens is 324 g/mol. The standard InChI is InChI=1S/C22H24N2O2/c1-22(2,3)15-9-7-14(8-10-15)21-18-6-4-5-17(18)19-13-16(24(25)26)11-12-20(19)23-21/h4-5,7-13,17-18,21,23H,6H2,1-3H3/t17-,18+,21+/m1/s1. The lowest BCUT2D eigenvalue weighted by Gasteiger charge is -2.37. The molecule has 1 aliphatic carbocycles. The molecule has 0 saturated carbocycles. The van der Waals surface area contributed by atoms with Crippen molar-refractivity contribution in [3.8, 4) is 0 Å². The first-order chi connectivity index (χ1) is 12.3. The van der Waals surface area contributed by atoms with E-state index in [1.165, 1.54) is 11.1 Å². The molecule has 2 aromatic carbocycles. The predicted octanol–water partition coefficient (Wildman–Crippen LogP) is 5.72. The van der Waals surface area contributed by atoms with E-state index in [1.807, 2.05) is 6.07 Å². The van der Waals surface area contributed by atoms with Crippen LogP contribution in [-0.4, -0.2) is 4.92 Å². The van der Waals surface area contributed by atoms with Crippen LogP contribution in [0.2, 0.25) is 0 Å². The van der Waals surface area contributed by atoms with Crippen molar-refractivity contribution in [2.45, 2.75) is 44.6 Å². The van der Waals surface area contributed by atoms with Crippen LogP contribution in [0.3, 0.4) is 0 Å². The molecule has 0 aromatic heterocycles. The maximum absolute atomic E-state index is 11.1. The Morgan fingerprint density at radius 1 is 1.12 bits per heavy atom. The monoisotopic (exact) mass is 348 g/mol. The van der Waals surface area contributed by atoms with E-state index in [9.17, 15) is 10.1 Å². The average Bonchev–Trinajstić information content (AvgIpc) is 3.10. The second-order valence-electron chi connectivity index (χ2n) is 8.38. The minimum atomic E-state index is -0.314. The van der Waals surface area contributed by atoms with E-state index in [0.717, 1.165) is 17.7 Å². The number of anilines is 1. The Bertz CT molecular complexity index is 878. The molecule has 4 nitrogen and oxygen atoms in total. The van der Waals surface area contributed by atoms with Crippen LogP contribution in [0.15, 0.2) is 54.6 Å². The summed E-state index contributed by atoms with van der Waals surface area (Å²) in [6, 6.07) is 14.3. The molecule has 134 valence electrons. The van der Waals surface area contributed by atoms with Gasteiger partial charge in [-0.2, -0.15) is 0 Å². The van der Waals surface area contributed by atoms with Crippen LogP contribution in [0.5, 0.6) is 0 Å². The molecule has 4 heteroatoms. The number of rotatable bonds is 2. The Kier molecular flexibility index (Phi) is 3.87. The summed E-state index contributed by atoms with van der Waals surface area (Å²) >= 11 is 0. The summed E-state index contributed by atoms with van der Waals surface area (Å²) in [6.45, 7) is 6.67. The van der Waals surface area contributed by atoms with Crippen LogP contribution in [0.4, 0.5) is 11.4 Å². The van der Waals surface area contributed by atoms with Crippen LogP contribution in [0.1, 0.15) is 55.8 Å². The summed E-state index contributed by atoms with van der Waals surface area (Å²) < 4.78 is 0. The van der Waals surface area contributed by atoms with Crippen molar-refractivity contribution in [2.75, 3.05) is 5.32 Å². The van der Waals surface area contributed by atoms with Crippen molar-refractivity contribution >= 4 is 11.4 Å². The van der Waals surface area contributed by atoms with Crippen LogP contribution in [0, 0.1) is 16.0 Å². The first-order valence-corrected chi connectivity index (χ1v) is 9.16. The third-order valence-corrected chi connectivity index (χ3v) is 5.69. The molecule has 2 aliphatic rings. The highest BCUT2D eigenvalue weighted by molar-refractivity contribution is 5.63. The Morgan fingerprint density at radius 3 is 2.50 bits per heavy atom. The molecule has 0 radical (unpaired) electrons. The zero-order valence-corrected chi connectivity index (χ0v) is 15.4. The minimum Gasteiger partial charge on any atom is -0.378 e. The Balaban J connectivity index is 1.70. The molecular formula is C22H24N2O2. The van der Waals surface area contributed by atoms with Crippen LogP contribution >= 0.6 is 0 Å². The fourth-order valence-electron chi connectivity index (χ4n) is 4.22. The number of nitro benzene ring substituents is 1. The largest absolute Gasteiger partial charge is 0.378 e. The molecule has 1 N–H and O–H groups in total. The quantitative estimate of drug-likeness (QED) is 0.429. The molecule has 4 rings (SSSR count). The lowest BCUT2D eigenvalue weighted by Crippen LogP contribution is -2.29. The van der Waals surface area contributed by atoms with Crippen molar-refractivity contribution in [2.24, 2.45) is 5.92 Å². The van der Waals surface area contributed by atoms with Crippen molar-refractivity contribution in [3.05, 3.63) is 81.4 Å². The molecule has 0 amide bonds. The molecule has 26 heavy (non-hydrogen) atoms. The van der Waals surface area contributed by atoms with Gasteiger partial charge < -0.3 is 5.32 Å². The third-order valence-electron chi connectivity index (χ3n) is 5.69. The molecule has 2 aromatic rings.